The molecule has 0 radical (unpaired) electrons. The molecule has 4 aromatic heterocycles. The summed E-state index contributed by atoms with van der Waals surface area (Å²) in [5.74, 6) is 0.641. The molecule has 270 valence electrons. The number of aromatic nitrogens is 5. The number of pyridine rings is 3. The van der Waals surface area contributed by atoms with E-state index in [9.17, 15) is 0 Å². The lowest BCUT2D eigenvalue weighted by Gasteiger charge is -2.13. The molecule has 0 aliphatic carbocycles. The second-order valence-corrected chi connectivity index (χ2v) is 14.6. The van der Waals surface area contributed by atoms with E-state index in [0.717, 1.165) is 94.6 Å². The number of nitrogens with zero attached hydrogens (tertiary/aromatic N) is 5. The summed E-state index contributed by atoms with van der Waals surface area (Å²) in [6.07, 6.45) is 0. The van der Waals surface area contributed by atoms with Gasteiger partial charge in [0.1, 0.15) is 0 Å². The first-order chi connectivity index (χ1) is 28.7. The molecule has 11 aromatic rings. The zero-order valence-corrected chi connectivity index (χ0v) is 31.3. The molecule has 0 atom stereocenters. The molecular formula is C53H33N5. The number of hydrogen-bond acceptors (Lipinski definition) is 5. The van der Waals surface area contributed by atoms with Crippen LogP contribution in [0.15, 0.2) is 200 Å². The molecule has 11 rings (SSSR count). The van der Waals surface area contributed by atoms with Crippen LogP contribution in [0.1, 0.15) is 0 Å². The van der Waals surface area contributed by atoms with E-state index in [1.54, 1.807) is 0 Å². The first kappa shape index (κ1) is 33.4. The predicted molar refractivity (Wildman–Crippen MR) is 238 cm³/mol. The molecule has 5 nitrogen and oxygen atoms in total. The second kappa shape index (κ2) is 14.0. The molecule has 7 aromatic carbocycles. The van der Waals surface area contributed by atoms with Crippen molar-refractivity contribution in [2.24, 2.45) is 0 Å². The third-order valence-electron chi connectivity index (χ3n) is 10.8. The van der Waals surface area contributed by atoms with E-state index in [-0.39, 0.29) is 0 Å². The van der Waals surface area contributed by atoms with Crippen molar-refractivity contribution >= 4 is 43.4 Å². The number of hydrogen-bond donors (Lipinski definition) is 0. The van der Waals surface area contributed by atoms with Gasteiger partial charge in [-0.2, -0.15) is 0 Å². The second-order valence-electron chi connectivity index (χ2n) is 14.6. The largest absolute Gasteiger partial charge is 0.246 e. The van der Waals surface area contributed by atoms with Gasteiger partial charge in [0, 0.05) is 27.5 Å². The minimum atomic E-state index is 0.641. The van der Waals surface area contributed by atoms with Gasteiger partial charge in [0.25, 0.3) is 0 Å². The molecule has 4 heterocycles. The lowest BCUT2D eigenvalue weighted by molar-refractivity contribution is 1.18. The van der Waals surface area contributed by atoms with Gasteiger partial charge in [-0.3, -0.25) is 0 Å². The molecule has 0 saturated carbocycles. The van der Waals surface area contributed by atoms with Crippen LogP contribution in [0.3, 0.4) is 0 Å². The monoisotopic (exact) mass is 739 g/mol. The summed E-state index contributed by atoms with van der Waals surface area (Å²) >= 11 is 0. The van der Waals surface area contributed by atoms with Crippen molar-refractivity contribution in [2.75, 3.05) is 0 Å². The smallest absolute Gasteiger partial charge is 0.160 e. The van der Waals surface area contributed by atoms with Gasteiger partial charge in [0.15, 0.2) is 5.82 Å². The van der Waals surface area contributed by atoms with Gasteiger partial charge < -0.3 is 0 Å². The summed E-state index contributed by atoms with van der Waals surface area (Å²) in [5, 5.41) is 6.82. The van der Waals surface area contributed by atoms with Crippen LogP contribution in [0.4, 0.5) is 0 Å². The molecule has 58 heavy (non-hydrogen) atoms. The van der Waals surface area contributed by atoms with Crippen LogP contribution in [0.2, 0.25) is 0 Å². The first-order valence-corrected chi connectivity index (χ1v) is 19.4. The van der Waals surface area contributed by atoms with E-state index in [1.165, 1.54) is 10.8 Å². The number of rotatable bonds is 6. The molecule has 0 saturated heterocycles. The average molecular weight is 740 g/mol. The maximum Gasteiger partial charge on any atom is 0.160 e. The third-order valence-corrected chi connectivity index (χ3v) is 10.8. The van der Waals surface area contributed by atoms with Gasteiger partial charge in [-0.25, -0.2) is 24.9 Å². The molecule has 0 bridgehead atoms. The van der Waals surface area contributed by atoms with Gasteiger partial charge >= 0.3 is 0 Å². The molecule has 0 fully saturated rings. The van der Waals surface area contributed by atoms with E-state index in [4.69, 9.17) is 24.9 Å². The van der Waals surface area contributed by atoms with Gasteiger partial charge in [0.05, 0.1) is 45.2 Å². The Kier molecular flexibility index (Phi) is 8.07. The Morgan fingerprint density at radius 3 is 1.17 bits per heavy atom. The molecule has 0 amide bonds. The van der Waals surface area contributed by atoms with Crippen molar-refractivity contribution in [1.82, 2.24) is 24.9 Å². The molecule has 0 spiro atoms. The standard InChI is InChI=1S/C53H33N5/c1-3-11-34(12-4-1)35-19-21-37(22-20-35)53-57-49(36-13-5-2-6-14-36)33-50(58-53)44-31-51(45-25-23-42-27-38-15-7-9-17-40(38)29-47(42)54-45)56-52(32-44)46-26-24-43-28-39-16-8-10-18-41(39)30-48(43)55-46/h1-33H. The number of fused-ring (bicyclic) bond motifs is 4. The highest BCUT2D eigenvalue weighted by atomic mass is 14.9. The van der Waals surface area contributed by atoms with Crippen LogP contribution in [-0.2, 0) is 0 Å². The van der Waals surface area contributed by atoms with Crippen molar-refractivity contribution in [3.63, 3.8) is 0 Å². The highest BCUT2D eigenvalue weighted by Crippen LogP contribution is 2.34. The number of benzene rings is 7. The lowest BCUT2D eigenvalue weighted by atomic mass is 10.0. The van der Waals surface area contributed by atoms with Crippen LogP contribution in [0.25, 0.3) is 111 Å². The van der Waals surface area contributed by atoms with E-state index in [1.807, 2.05) is 24.3 Å². The highest BCUT2D eigenvalue weighted by Gasteiger charge is 2.16. The van der Waals surface area contributed by atoms with Crippen molar-refractivity contribution in [2.45, 2.75) is 0 Å². The van der Waals surface area contributed by atoms with E-state index in [0.29, 0.717) is 5.82 Å². The van der Waals surface area contributed by atoms with Crippen LogP contribution in [0.5, 0.6) is 0 Å². The Morgan fingerprint density at radius 2 is 0.638 bits per heavy atom. The Hall–Kier alpha value is -7.89. The van der Waals surface area contributed by atoms with Crippen molar-refractivity contribution < 1.29 is 0 Å². The normalized spacial score (nSPS) is 11.4. The molecule has 0 aliphatic heterocycles. The molecule has 5 heteroatoms. The molecule has 0 unspecified atom stereocenters. The summed E-state index contributed by atoms with van der Waals surface area (Å²) in [7, 11) is 0. The van der Waals surface area contributed by atoms with Gasteiger partial charge in [-0.15, -0.1) is 0 Å². The van der Waals surface area contributed by atoms with Crippen LogP contribution in [-0.4, -0.2) is 24.9 Å². The van der Waals surface area contributed by atoms with Crippen LogP contribution >= 0.6 is 0 Å². The van der Waals surface area contributed by atoms with Crippen molar-refractivity contribution in [3.05, 3.63) is 200 Å². The summed E-state index contributed by atoms with van der Waals surface area (Å²) in [5.41, 5.74) is 11.6. The van der Waals surface area contributed by atoms with Gasteiger partial charge in [0.2, 0.25) is 0 Å². The zero-order chi connectivity index (χ0) is 38.4. The summed E-state index contributed by atoms with van der Waals surface area (Å²) in [4.78, 5) is 26.1. The summed E-state index contributed by atoms with van der Waals surface area (Å²) < 4.78 is 0. The Morgan fingerprint density at radius 1 is 0.207 bits per heavy atom. The average Bonchev–Trinajstić information content (AvgIpc) is 3.30. The SMILES string of the molecule is c1ccc(-c2ccc(-c3nc(-c4ccccc4)cc(-c4cc(-c5ccc6cc7ccccc7cc6n5)nc(-c5ccc6cc7ccccc7cc6n5)c4)n3)cc2)cc1. The topological polar surface area (TPSA) is 64.5 Å². The van der Waals surface area contributed by atoms with Crippen LogP contribution < -0.4 is 0 Å². The Balaban J connectivity index is 1.10. The van der Waals surface area contributed by atoms with Crippen molar-refractivity contribution in [3.8, 4) is 67.8 Å². The molecule has 0 aliphatic rings. The van der Waals surface area contributed by atoms with E-state index >= 15 is 0 Å². The third kappa shape index (κ3) is 6.31. The quantitative estimate of drug-likeness (QED) is 0.159. The Bertz CT molecular complexity index is 3190. The van der Waals surface area contributed by atoms with Crippen molar-refractivity contribution in [1.29, 1.82) is 0 Å². The lowest BCUT2D eigenvalue weighted by Crippen LogP contribution is -1.99. The predicted octanol–water partition coefficient (Wildman–Crippen LogP) is 13.3. The van der Waals surface area contributed by atoms with Gasteiger partial charge in [-0.05, 0) is 87.3 Å². The Labute approximate surface area is 335 Å². The van der Waals surface area contributed by atoms with Crippen LogP contribution in [0, 0.1) is 0 Å². The van der Waals surface area contributed by atoms with E-state index < -0.39 is 0 Å². The maximum absolute atomic E-state index is 5.27. The minimum absolute atomic E-state index is 0.641. The molecular weight excluding hydrogens is 707 g/mol. The maximum atomic E-state index is 5.27. The van der Waals surface area contributed by atoms with Gasteiger partial charge in [-0.1, -0.05) is 146 Å². The fraction of sp³-hybridized carbons (Fsp3) is 0. The van der Waals surface area contributed by atoms with E-state index in [2.05, 4.69) is 176 Å². The fourth-order valence-corrected chi connectivity index (χ4v) is 7.77. The first-order valence-electron chi connectivity index (χ1n) is 19.4. The zero-order valence-electron chi connectivity index (χ0n) is 31.3. The summed E-state index contributed by atoms with van der Waals surface area (Å²) in [6, 6.07) is 69.2. The molecule has 0 N–H and O–H groups in total. The highest BCUT2D eigenvalue weighted by molar-refractivity contribution is 5.98. The minimum Gasteiger partial charge on any atom is -0.246 e. The fourth-order valence-electron chi connectivity index (χ4n) is 7.77. The summed E-state index contributed by atoms with van der Waals surface area (Å²) in [6.45, 7) is 0.